The highest BCUT2D eigenvalue weighted by Gasteiger charge is 2.18. The Kier molecular flexibility index (Phi) is 6.60. The van der Waals surface area contributed by atoms with Gasteiger partial charge in [0, 0.05) is 32.9 Å². The highest BCUT2D eigenvalue weighted by molar-refractivity contribution is 7.99. The van der Waals surface area contributed by atoms with Gasteiger partial charge in [-0.15, -0.1) is 5.10 Å². The lowest BCUT2D eigenvalue weighted by atomic mass is 10.3. The number of ether oxygens (including phenoxy) is 2. The Hall–Kier alpha value is -2.92. The number of hydrogen-bond donors (Lipinski definition) is 0. The topological polar surface area (TPSA) is 94.3 Å². The Balaban J connectivity index is 1.43. The van der Waals surface area contributed by atoms with E-state index in [1.807, 2.05) is 49.3 Å². The first-order valence-electron chi connectivity index (χ1n) is 9.68. The normalized spacial score (nSPS) is 14.0. The molecule has 1 fully saturated rings. The van der Waals surface area contributed by atoms with Gasteiger partial charge in [0.15, 0.2) is 0 Å². The van der Waals surface area contributed by atoms with Gasteiger partial charge in [-0.25, -0.2) is 4.98 Å². The van der Waals surface area contributed by atoms with Gasteiger partial charge in [-0.2, -0.15) is 19.6 Å². The molecule has 1 aliphatic rings. The third kappa shape index (κ3) is 5.16. The lowest BCUT2D eigenvalue weighted by Gasteiger charge is -2.27. The van der Waals surface area contributed by atoms with Crippen molar-refractivity contribution in [1.29, 1.82) is 0 Å². The van der Waals surface area contributed by atoms with E-state index < -0.39 is 0 Å². The van der Waals surface area contributed by atoms with Gasteiger partial charge in [0.25, 0.3) is 5.95 Å². The Bertz CT molecular complexity index is 947. The Labute approximate surface area is 179 Å². The quantitative estimate of drug-likeness (QED) is 0.388. The maximum Gasteiger partial charge on any atom is 0.258 e. The van der Waals surface area contributed by atoms with E-state index in [0.29, 0.717) is 42.8 Å². The molecule has 0 unspecified atom stereocenters. The van der Waals surface area contributed by atoms with Crippen molar-refractivity contribution >= 4 is 23.7 Å². The first-order valence-corrected chi connectivity index (χ1v) is 10.7. The highest BCUT2D eigenvalue weighted by Crippen LogP contribution is 2.18. The Morgan fingerprint density at radius 2 is 1.83 bits per heavy atom. The number of thioether (sulfide) groups is 1. The van der Waals surface area contributed by atoms with Crippen LogP contribution in [0.4, 0.5) is 11.9 Å². The van der Waals surface area contributed by atoms with Crippen LogP contribution >= 0.6 is 11.8 Å². The first kappa shape index (κ1) is 20.4. The maximum absolute atomic E-state index is 5.71. The van der Waals surface area contributed by atoms with Crippen LogP contribution in [0.5, 0.6) is 5.75 Å². The summed E-state index contributed by atoms with van der Waals surface area (Å²) in [6.45, 7) is 3.38. The zero-order valence-corrected chi connectivity index (χ0v) is 17.8. The molecule has 0 atom stereocenters. The van der Waals surface area contributed by atoms with Crippen LogP contribution in [0.15, 0.2) is 41.8 Å². The lowest BCUT2D eigenvalue weighted by Crippen LogP contribution is -2.38. The van der Waals surface area contributed by atoms with E-state index in [0.717, 1.165) is 24.6 Å². The molecule has 1 aliphatic heterocycles. The average Bonchev–Trinajstić information content (AvgIpc) is 3.27. The van der Waals surface area contributed by atoms with Crippen molar-refractivity contribution in [2.75, 3.05) is 62.6 Å². The SMILES string of the molecule is CN(C)c1nc(N2CCOCC2)nc(-n2cnc(SCCOc3ccccc3)n2)n1. The summed E-state index contributed by atoms with van der Waals surface area (Å²) in [6, 6.07) is 9.74. The molecular weight excluding hydrogens is 404 g/mol. The molecule has 0 saturated carbocycles. The molecule has 1 aromatic carbocycles. The fourth-order valence-electron chi connectivity index (χ4n) is 2.77. The van der Waals surface area contributed by atoms with Gasteiger partial charge in [0.05, 0.1) is 19.8 Å². The summed E-state index contributed by atoms with van der Waals surface area (Å²) in [5.74, 6) is 3.22. The van der Waals surface area contributed by atoms with E-state index in [-0.39, 0.29) is 0 Å². The third-order valence-corrected chi connectivity index (χ3v) is 5.11. The molecule has 3 heterocycles. The van der Waals surface area contributed by atoms with Gasteiger partial charge < -0.3 is 19.3 Å². The summed E-state index contributed by atoms with van der Waals surface area (Å²) in [4.78, 5) is 22.0. The van der Waals surface area contributed by atoms with Gasteiger partial charge in [-0.05, 0) is 12.1 Å². The van der Waals surface area contributed by atoms with Crippen LogP contribution in [-0.2, 0) is 4.74 Å². The van der Waals surface area contributed by atoms with E-state index in [1.54, 1.807) is 11.0 Å². The summed E-state index contributed by atoms with van der Waals surface area (Å²) in [7, 11) is 3.80. The molecule has 2 aromatic heterocycles. The summed E-state index contributed by atoms with van der Waals surface area (Å²) in [6.07, 6.45) is 1.62. The van der Waals surface area contributed by atoms with Crippen molar-refractivity contribution in [2.24, 2.45) is 0 Å². The fourth-order valence-corrected chi connectivity index (χ4v) is 3.39. The molecule has 4 rings (SSSR count). The molecule has 10 nitrogen and oxygen atoms in total. The second-order valence-corrected chi connectivity index (χ2v) is 7.77. The second kappa shape index (κ2) is 9.72. The molecule has 158 valence electrons. The molecule has 0 radical (unpaired) electrons. The third-order valence-electron chi connectivity index (χ3n) is 4.30. The molecule has 0 aliphatic carbocycles. The van der Waals surface area contributed by atoms with Crippen LogP contribution in [0.1, 0.15) is 0 Å². The molecule has 0 N–H and O–H groups in total. The molecular formula is C19H24N8O2S. The monoisotopic (exact) mass is 428 g/mol. The molecule has 0 bridgehead atoms. The first-order chi connectivity index (χ1) is 14.7. The summed E-state index contributed by atoms with van der Waals surface area (Å²) >= 11 is 1.52. The Morgan fingerprint density at radius 1 is 1.07 bits per heavy atom. The van der Waals surface area contributed by atoms with E-state index in [4.69, 9.17) is 9.47 Å². The van der Waals surface area contributed by atoms with Crippen LogP contribution in [0.2, 0.25) is 0 Å². The molecule has 1 saturated heterocycles. The zero-order chi connectivity index (χ0) is 20.8. The summed E-state index contributed by atoms with van der Waals surface area (Å²) in [5, 5.41) is 5.16. The van der Waals surface area contributed by atoms with Crippen LogP contribution in [0.25, 0.3) is 5.95 Å². The second-order valence-electron chi connectivity index (χ2n) is 6.71. The highest BCUT2D eigenvalue weighted by atomic mass is 32.2. The van der Waals surface area contributed by atoms with Crippen molar-refractivity contribution in [1.82, 2.24) is 29.7 Å². The lowest BCUT2D eigenvalue weighted by molar-refractivity contribution is 0.122. The largest absolute Gasteiger partial charge is 0.493 e. The Morgan fingerprint density at radius 3 is 2.60 bits per heavy atom. The van der Waals surface area contributed by atoms with Gasteiger partial charge in [0.1, 0.15) is 12.1 Å². The average molecular weight is 429 g/mol. The van der Waals surface area contributed by atoms with Gasteiger partial charge in [-0.1, -0.05) is 30.0 Å². The number of anilines is 2. The van der Waals surface area contributed by atoms with Crippen molar-refractivity contribution < 1.29 is 9.47 Å². The van der Waals surface area contributed by atoms with Crippen molar-refractivity contribution in [3.63, 3.8) is 0 Å². The van der Waals surface area contributed by atoms with Crippen LogP contribution in [-0.4, -0.2) is 82.5 Å². The smallest absolute Gasteiger partial charge is 0.258 e. The predicted molar refractivity (Wildman–Crippen MR) is 115 cm³/mol. The van der Waals surface area contributed by atoms with Gasteiger partial charge >= 0.3 is 0 Å². The number of nitrogens with zero attached hydrogens (tertiary/aromatic N) is 8. The summed E-state index contributed by atoms with van der Waals surface area (Å²) in [5.41, 5.74) is 0. The predicted octanol–water partition coefficient (Wildman–Crippen LogP) is 1.53. The minimum absolute atomic E-state index is 0.440. The zero-order valence-electron chi connectivity index (χ0n) is 17.0. The number of morpholine rings is 1. The van der Waals surface area contributed by atoms with Crippen molar-refractivity contribution in [3.05, 3.63) is 36.7 Å². The van der Waals surface area contributed by atoms with Crippen LogP contribution in [0, 0.1) is 0 Å². The number of benzene rings is 1. The van der Waals surface area contributed by atoms with Gasteiger partial charge in [-0.3, -0.25) is 0 Å². The number of para-hydroxylation sites is 1. The standard InChI is InChI=1S/C19H24N8O2S/c1-25(2)16-21-17(26-8-10-28-11-9-26)23-18(22-16)27-14-20-19(24-27)30-13-12-29-15-6-4-3-5-7-15/h3-7,14H,8-13H2,1-2H3. The number of hydrogen-bond acceptors (Lipinski definition) is 10. The van der Waals surface area contributed by atoms with E-state index in [1.165, 1.54) is 11.8 Å². The summed E-state index contributed by atoms with van der Waals surface area (Å²) < 4.78 is 12.7. The van der Waals surface area contributed by atoms with E-state index in [2.05, 4.69) is 29.9 Å². The molecule has 11 heteroatoms. The van der Waals surface area contributed by atoms with Crippen LogP contribution in [0.3, 0.4) is 0 Å². The maximum atomic E-state index is 5.71. The molecule has 0 spiro atoms. The van der Waals surface area contributed by atoms with Gasteiger partial charge in [0.2, 0.25) is 17.1 Å². The fraction of sp³-hybridized carbons (Fsp3) is 0.421. The minimum Gasteiger partial charge on any atom is -0.493 e. The number of rotatable bonds is 8. The molecule has 0 amide bonds. The number of aromatic nitrogens is 6. The van der Waals surface area contributed by atoms with Crippen LogP contribution < -0.4 is 14.5 Å². The minimum atomic E-state index is 0.440. The van der Waals surface area contributed by atoms with Crippen molar-refractivity contribution in [2.45, 2.75) is 5.16 Å². The molecule has 3 aromatic rings. The van der Waals surface area contributed by atoms with E-state index >= 15 is 0 Å². The van der Waals surface area contributed by atoms with Crippen molar-refractivity contribution in [3.8, 4) is 11.7 Å². The molecule has 30 heavy (non-hydrogen) atoms. The van der Waals surface area contributed by atoms with E-state index in [9.17, 15) is 0 Å².